The van der Waals surface area contributed by atoms with Crippen molar-refractivity contribution in [1.29, 1.82) is 0 Å². The SMILES string of the molecule is Cc1cc(Cc2ccc(O)c(O)c2C(=O)O)cc(C)c1O. The molecule has 0 saturated heterocycles. The van der Waals surface area contributed by atoms with Crippen LogP contribution in [0.1, 0.15) is 32.6 Å². The second kappa shape index (κ2) is 5.36. The molecule has 110 valence electrons. The Balaban J connectivity index is 2.50. The zero-order chi connectivity index (χ0) is 15.7. The molecule has 0 aliphatic heterocycles. The molecule has 2 rings (SSSR count). The Morgan fingerprint density at radius 3 is 2.10 bits per heavy atom. The van der Waals surface area contributed by atoms with Crippen LogP contribution >= 0.6 is 0 Å². The number of carboxylic acid groups (broad SMARTS) is 1. The third-order valence-electron chi connectivity index (χ3n) is 3.40. The van der Waals surface area contributed by atoms with Gasteiger partial charge in [-0.2, -0.15) is 0 Å². The van der Waals surface area contributed by atoms with Crippen LogP contribution in [0.2, 0.25) is 0 Å². The van der Waals surface area contributed by atoms with Gasteiger partial charge in [0.25, 0.3) is 0 Å². The quantitative estimate of drug-likeness (QED) is 0.651. The Morgan fingerprint density at radius 2 is 1.57 bits per heavy atom. The first-order valence-electron chi connectivity index (χ1n) is 6.37. The molecule has 5 heteroatoms. The van der Waals surface area contributed by atoms with Gasteiger partial charge >= 0.3 is 5.97 Å². The second-order valence-electron chi connectivity index (χ2n) is 5.03. The van der Waals surface area contributed by atoms with Crippen LogP contribution in [0.3, 0.4) is 0 Å². The average molecular weight is 288 g/mol. The number of benzene rings is 2. The van der Waals surface area contributed by atoms with Gasteiger partial charge in [-0.1, -0.05) is 18.2 Å². The van der Waals surface area contributed by atoms with Gasteiger partial charge in [0.15, 0.2) is 11.5 Å². The van der Waals surface area contributed by atoms with E-state index in [1.165, 1.54) is 12.1 Å². The molecule has 5 nitrogen and oxygen atoms in total. The number of rotatable bonds is 3. The number of hydrogen-bond acceptors (Lipinski definition) is 4. The first-order valence-corrected chi connectivity index (χ1v) is 6.37. The van der Waals surface area contributed by atoms with Crippen molar-refractivity contribution < 1.29 is 25.2 Å². The molecule has 2 aromatic rings. The predicted molar refractivity (Wildman–Crippen MR) is 77.1 cm³/mol. The van der Waals surface area contributed by atoms with Gasteiger partial charge in [0.2, 0.25) is 0 Å². The largest absolute Gasteiger partial charge is 0.507 e. The van der Waals surface area contributed by atoms with Crippen molar-refractivity contribution in [3.8, 4) is 17.2 Å². The van der Waals surface area contributed by atoms with Crippen LogP contribution in [0, 0.1) is 13.8 Å². The molecule has 0 aliphatic rings. The van der Waals surface area contributed by atoms with Crippen molar-refractivity contribution in [2.75, 3.05) is 0 Å². The van der Waals surface area contributed by atoms with Gasteiger partial charge in [-0.25, -0.2) is 4.79 Å². The maximum Gasteiger partial charge on any atom is 0.339 e. The van der Waals surface area contributed by atoms with E-state index in [0.717, 1.165) is 5.56 Å². The molecule has 0 radical (unpaired) electrons. The summed E-state index contributed by atoms with van der Waals surface area (Å²) in [4.78, 5) is 11.3. The van der Waals surface area contributed by atoms with Crippen LogP contribution < -0.4 is 0 Å². The van der Waals surface area contributed by atoms with Crippen molar-refractivity contribution in [3.05, 3.63) is 52.1 Å². The summed E-state index contributed by atoms with van der Waals surface area (Å²) in [6.45, 7) is 3.52. The Bertz CT molecular complexity index is 696. The van der Waals surface area contributed by atoms with Crippen molar-refractivity contribution >= 4 is 5.97 Å². The minimum Gasteiger partial charge on any atom is -0.507 e. The second-order valence-corrected chi connectivity index (χ2v) is 5.03. The molecule has 0 atom stereocenters. The lowest BCUT2D eigenvalue weighted by molar-refractivity contribution is 0.0692. The number of carbonyl (C=O) groups is 1. The summed E-state index contributed by atoms with van der Waals surface area (Å²) in [5.74, 6) is -2.18. The Kier molecular flexibility index (Phi) is 3.76. The highest BCUT2D eigenvalue weighted by atomic mass is 16.4. The van der Waals surface area contributed by atoms with E-state index in [9.17, 15) is 25.2 Å². The van der Waals surface area contributed by atoms with Crippen LogP contribution in [0.25, 0.3) is 0 Å². The van der Waals surface area contributed by atoms with Crippen LogP contribution in [-0.2, 0) is 6.42 Å². The highest BCUT2D eigenvalue weighted by Crippen LogP contribution is 2.33. The van der Waals surface area contributed by atoms with E-state index < -0.39 is 17.5 Å². The maximum atomic E-state index is 11.3. The van der Waals surface area contributed by atoms with E-state index in [2.05, 4.69) is 0 Å². The highest BCUT2D eigenvalue weighted by Gasteiger charge is 2.19. The fourth-order valence-corrected chi connectivity index (χ4v) is 2.38. The number of aromatic carboxylic acids is 1. The minimum absolute atomic E-state index is 0.214. The molecule has 21 heavy (non-hydrogen) atoms. The average Bonchev–Trinajstić information content (AvgIpc) is 2.40. The smallest absolute Gasteiger partial charge is 0.339 e. The van der Waals surface area contributed by atoms with Gasteiger partial charge in [0.1, 0.15) is 11.3 Å². The molecule has 0 fully saturated rings. The molecule has 4 N–H and O–H groups in total. The van der Waals surface area contributed by atoms with E-state index in [-0.39, 0.29) is 17.7 Å². The van der Waals surface area contributed by atoms with Gasteiger partial charge in [0.05, 0.1) is 0 Å². The molecule has 0 bridgehead atoms. The summed E-state index contributed by atoms with van der Waals surface area (Å²) in [6.07, 6.45) is 0.275. The summed E-state index contributed by atoms with van der Waals surface area (Å²) in [5.41, 5.74) is 2.30. The number of aryl methyl sites for hydroxylation is 2. The molecular weight excluding hydrogens is 272 g/mol. The Hall–Kier alpha value is -2.69. The fourth-order valence-electron chi connectivity index (χ4n) is 2.38. The summed E-state index contributed by atoms with van der Waals surface area (Å²) >= 11 is 0. The van der Waals surface area contributed by atoms with Crippen molar-refractivity contribution in [2.45, 2.75) is 20.3 Å². The molecule has 0 spiro atoms. The van der Waals surface area contributed by atoms with Gasteiger partial charge in [-0.3, -0.25) is 0 Å². The van der Waals surface area contributed by atoms with E-state index in [1.54, 1.807) is 26.0 Å². The van der Waals surface area contributed by atoms with Crippen molar-refractivity contribution in [2.24, 2.45) is 0 Å². The van der Waals surface area contributed by atoms with Gasteiger partial charge in [0, 0.05) is 0 Å². The fraction of sp³-hybridized carbons (Fsp3) is 0.188. The van der Waals surface area contributed by atoms with E-state index in [0.29, 0.717) is 16.7 Å². The number of hydrogen-bond donors (Lipinski definition) is 4. The topological polar surface area (TPSA) is 98.0 Å². The van der Waals surface area contributed by atoms with E-state index in [1.807, 2.05) is 0 Å². The summed E-state index contributed by atoms with van der Waals surface area (Å²) in [6, 6.07) is 6.25. The monoisotopic (exact) mass is 288 g/mol. The number of phenols is 3. The molecule has 0 saturated carbocycles. The summed E-state index contributed by atoms with van der Waals surface area (Å²) in [7, 11) is 0. The highest BCUT2D eigenvalue weighted by molar-refractivity contribution is 5.93. The molecular formula is C16H16O5. The van der Waals surface area contributed by atoms with Crippen LogP contribution in [0.5, 0.6) is 17.2 Å². The molecule has 2 aromatic carbocycles. The Morgan fingerprint density at radius 1 is 1.00 bits per heavy atom. The molecule has 0 amide bonds. The lowest BCUT2D eigenvalue weighted by Crippen LogP contribution is -2.04. The van der Waals surface area contributed by atoms with E-state index >= 15 is 0 Å². The number of carboxylic acids is 1. The standard InChI is InChI=1S/C16H16O5/c1-8-5-10(6-9(2)14(8)18)7-11-3-4-12(17)15(19)13(11)16(20)21/h3-6,17-19H,7H2,1-2H3,(H,20,21). The minimum atomic E-state index is -1.30. The Labute approximate surface area is 121 Å². The van der Waals surface area contributed by atoms with Crippen LogP contribution in [0.4, 0.5) is 0 Å². The molecule has 0 unspecified atom stereocenters. The zero-order valence-corrected chi connectivity index (χ0v) is 11.7. The first-order chi connectivity index (χ1) is 9.81. The third-order valence-corrected chi connectivity index (χ3v) is 3.40. The summed E-state index contributed by atoms with van der Waals surface area (Å²) in [5, 5.41) is 38.1. The van der Waals surface area contributed by atoms with Crippen LogP contribution in [0.15, 0.2) is 24.3 Å². The number of aromatic hydroxyl groups is 3. The van der Waals surface area contributed by atoms with E-state index in [4.69, 9.17) is 0 Å². The van der Waals surface area contributed by atoms with Crippen molar-refractivity contribution in [3.63, 3.8) is 0 Å². The molecule has 0 aliphatic carbocycles. The predicted octanol–water partition coefficient (Wildman–Crippen LogP) is 2.71. The maximum absolute atomic E-state index is 11.3. The van der Waals surface area contributed by atoms with Gasteiger partial charge in [-0.15, -0.1) is 0 Å². The number of phenolic OH excluding ortho intramolecular Hbond substituents is 2. The lowest BCUT2D eigenvalue weighted by atomic mass is 9.96. The van der Waals surface area contributed by atoms with Gasteiger partial charge in [-0.05, 0) is 48.6 Å². The molecule has 0 heterocycles. The normalized spacial score (nSPS) is 10.6. The third kappa shape index (κ3) is 2.76. The first kappa shape index (κ1) is 14.7. The lowest BCUT2D eigenvalue weighted by Gasteiger charge is -2.11. The van der Waals surface area contributed by atoms with Gasteiger partial charge < -0.3 is 20.4 Å². The van der Waals surface area contributed by atoms with Crippen LogP contribution in [-0.4, -0.2) is 26.4 Å². The summed E-state index contributed by atoms with van der Waals surface area (Å²) < 4.78 is 0. The molecule has 0 aromatic heterocycles. The zero-order valence-electron chi connectivity index (χ0n) is 11.7. The van der Waals surface area contributed by atoms with Crippen molar-refractivity contribution in [1.82, 2.24) is 0 Å².